The van der Waals surface area contributed by atoms with Gasteiger partial charge in [-0.1, -0.05) is 30.3 Å². The molecule has 0 unspecified atom stereocenters. The summed E-state index contributed by atoms with van der Waals surface area (Å²) in [7, 11) is 1.65. The van der Waals surface area contributed by atoms with E-state index in [4.69, 9.17) is 4.74 Å². The Morgan fingerprint density at radius 2 is 2.05 bits per heavy atom. The van der Waals surface area contributed by atoms with Crippen LogP contribution in [0, 0.1) is 0 Å². The summed E-state index contributed by atoms with van der Waals surface area (Å²) in [5, 5.41) is 5.39. The zero-order chi connectivity index (χ0) is 16.0. The van der Waals surface area contributed by atoms with Crippen LogP contribution in [-0.4, -0.2) is 42.6 Å². The van der Waals surface area contributed by atoms with Crippen molar-refractivity contribution in [3.63, 3.8) is 0 Å². The molecule has 1 aliphatic heterocycles. The molecule has 0 bridgehead atoms. The molecule has 1 aromatic rings. The Hall–Kier alpha value is -1.53. The fraction of sp³-hybridized carbons (Fsp3) is 0.500. The number of carbonyl (C=O) groups is 2. The van der Waals surface area contributed by atoms with Gasteiger partial charge in [0.25, 0.3) is 0 Å². The van der Waals surface area contributed by atoms with Gasteiger partial charge in [0.15, 0.2) is 0 Å². The van der Waals surface area contributed by atoms with E-state index in [1.807, 2.05) is 37.3 Å². The number of benzene rings is 1. The first-order chi connectivity index (χ1) is 10.6. The number of methoxy groups -OCH3 is 1. The molecule has 0 aromatic heterocycles. The molecule has 120 valence electrons. The second-order valence-electron chi connectivity index (χ2n) is 5.48. The van der Waals surface area contributed by atoms with Crippen molar-refractivity contribution in [1.29, 1.82) is 0 Å². The predicted octanol–water partition coefficient (Wildman–Crippen LogP) is 1.50. The number of rotatable bonds is 5. The van der Waals surface area contributed by atoms with Crippen LogP contribution >= 0.6 is 11.8 Å². The van der Waals surface area contributed by atoms with Crippen molar-refractivity contribution in [2.45, 2.75) is 25.0 Å². The van der Waals surface area contributed by atoms with Gasteiger partial charge in [-0.05, 0) is 24.7 Å². The van der Waals surface area contributed by atoms with Crippen LogP contribution in [0.5, 0.6) is 0 Å². The minimum Gasteiger partial charge on any atom is -0.376 e. The highest BCUT2D eigenvalue weighted by molar-refractivity contribution is 7.99. The lowest BCUT2D eigenvalue weighted by Gasteiger charge is -2.26. The summed E-state index contributed by atoms with van der Waals surface area (Å²) in [6.07, 6.45) is 0.885. The van der Waals surface area contributed by atoms with Crippen molar-refractivity contribution in [3.8, 4) is 0 Å². The van der Waals surface area contributed by atoms with Gasteiger partial charge in [-0.15, -0.1) is 0 Å². The topological polar surface area (TPSA) is 67.4 Å². The van der Waals surface area contributed by atoms with Gasteiger partial charge in [-0.3, -0.25) is 9.59 Å². The van der Waals surface area contributed by atoms with Crippen LogP contribution in [-0.2, 0) is 14.3 Å². The van der Waals surface area contributed by atoms with Gasteiger partial charge in [0.2, 0.25) is 0 Å². The van der Waals surface area contributed by atoms with E-state index in [0.717, 1.165) is 23.5 Å². The van der Waals surface area contributed by atoms with E-state index >= 15 is 0 Å². The highest BCUT2D eigenvalue weighted by atomic mass is 32.2. The Bertz CT molecular complexity index is 515. The number of nitrogens with one attached hydrogen (secondary N) is 2. The van der Waals surface area contributed by atoms with Gasteiger partial charge >= 0.3 is 11.8 Å². The SMILES string of the molecule is CO[C@@]1(CNC(=O)C(=O)N[C@H](C)c2ccccc2)CCSC1. The van der Waals surface area contributed by atoms with E-state index in [2.05, 4.69) is 10.6 Å². The van der Waals surface area contributed by atoms with Crippen LogP contribution in [0.15, 0.2) is 30.3 Å². The fourth-order valence-corrected chi connectivity index (χ4v) is 3.77. The van der Waals surface area contributed by atoms with Crippen LogP contribution in [0.3, 0.4) is 0 Å². The Balaban J connectivity index is 1.83. The van der Waals surface area contributed by atoms with Gasteiger partial charge in [0.05, 0.1) is 11.6 Å². The minimum atomic E-state index is -0.617. The summed E-state index contributed by atoms with van der Waals surface area (Å²) in [6, 6.07) is 9.33. The molecule has 1 aliphatic rings. The molecule has 0 aliphatic carbocycles. The lowest BCUT2D eigenvalue weighted by molar-refractivity contribution is -0.140. The van der Waals surface area contributed by atoms with Gasteiger partial charge in [-0.25, -0.2) is 0 Å². The zero-order valence-corrected chi connectivity index (χ0v) is 13.7. The van der Waals surface area contributed by atoms with Crippen molar-refractivity contribution in [2.24, 2.45) is 0 Å². The van der Waals surface area contributed by atoms with Crippen molar-refractivity contribution in [1.82, 2.24) is 10.6 Å². The molecule has 2 amide bonds. The molecule has 1 saturated heterocycles. The van der Waals surface area contributed by atoms with Crippen molar-refractivity contribution >= 4 is 23.6 Å². The minimum absolute atomic E-state index is 0.210. The third kappa shape index (κ3) is 4.24. The number of thioether (sulfide) groups is 1. The van der Waals surface area contributed by atoms with Gasteiger partial charge in [0.1, 0.15) is 0 Å². The summed E-state index contributed by atoms with van der Waals surface area (Å²) < 4.78 is 5.51. The summed E-state index contributed by atoms with van der Waals surface area (Å²) >= 11 is 1.80. The van der Waals surface area contributed by atoms with Crippen LogP contribution < -0.4 is 10.6 Å². The van der Waals surface area contributed by atoms with Gasteiger partial charge in [-0.2, -0.15) is 11.8 Å². The molecule has 6 heteroatoms. The summed E-state index contributed by atoms with van der Waals surface area (Å²) in [6.45, 7) is 2.22. The molecule has 1 fully saturated rings. The zero-order valence-electron chi connectivity index (χ0n) is 12.9. The first-order valence-electron chi connectivity index (χ1n) is 7.33. The summed E-state index contributed by atoms with van der Waals surface area (Å²) in [5.41, 5.74) is 0.621. The molecular formula is C16H22N2O3S. The van der Waals surface area contributed by atoms with Crippen molar-refractivity contribution in [3.05, 3.63) is 35.9 Å². The fourth-order valence-electron chi connectivity index (χ4n) is 2.37. The van der Waals surface area contributed by atoms with Crippen LogP contribution in [0.25, 0.3) is 0 Å². The summed E-state index contributed by atoms with van der Waals surface area (Å²) in [5.74, 6) is 0.622. The molecular weight excluding hydrogens is 300 g/mol. The second-order valence-corrected chi connectivity index (χ2v) is 6.58. The Morgan fingerprint density at radius 3 is 2.64 bits per heavy atom. The molecule has 2 N–H and O–H groups in total. The number of carbonyl (C=O) groups excluding carboxylic acids is 2. The third-order valence-corrected chi connectivity index (χ3v) is 5.15. The number of ether oxygens (including phenoxy) is 1. The monoisotopic (exact) mass is 322 g/mol. The summed E-state index contributed by atoms with van der Waals surface area (Å²) in [4.78, 5) is 23.9. The average molecular weight is 322 g/mol. The molecule has 1 heterocycles. The van der Waals surface area contributed by atoms with E-state index in [0.29, 0.717) is 6.54 Å². The lowest BCUT2D eigenvalue weighted by atomic mass is 10.0. The second kappa shape index (κ2) is 7.65. The van der Waals surface area contributed by atoms with E-state index in [1.54, 1.807) is 18.9 Å². The van der Waals surface area contributed by atoms with E-state index < -0.39 is 11.8 Å². The maximum atomic E-state index is 12.0. The maximum absolute atomic E-state index is 12.0. The van der Waals surface area contributed by atoms with Crippen molar-refractivity contribution < 1.29 is 14.3 Å². The predicted molar refractivity (Wildman–Crippen MR) is 87.7 cm³/mol. The molecule has 5 nitrogen and oxygen atoms in total. The number of hydrogen-bond acceptors (Lipinski definition) is 4. The Kier molecular flexibility index (Phi) is 5.85. The molecule has 0 radical (unpaired) electrons. The maximum Gasteiger partial charge on any atom is 0.309 e. The quantitative estimate of drug-likeness (QED) is 0.806. The van der Waals surface area contributed by atoms with Crippen LogP contribution in [0.2, 0.25) is 0 Å². The molecule has 2 rings (SSSR count). The van der Waals surface area contributed by atoms with E-state index in [1.165, 1.54) is 0 Å². The Morgan fingerprint density at radius 1 is 1.32 bits per heavy atom. The Labute approximate surface area is 135 Å². The third-order valence-electron chi connectivity index (χ3n) is 3.92. The molecule has 1 aromatic carbocycles. The number of amides is 2. The molecule has 0 saturated carbocycles. The van der Waals surface area contributed by atoms with Crippen LogP contribution in [0.1, 0.15) is 24.9 Å². The highest BCUT2D eigenvalue weighted by Gasteiger charge is 2.35. The van der Waals surface area contributed by atoms with E-state index in [-0.39, 0.29) is 11.6 Å². The average Bonchev–Trinajstić information content (AvgIpc) is 3.02. The lowest BCUT2D eigenvalue weighted by Crippen LogP contribution is -2.49. The molecule has 2 atom stereocenters. The van der Waals surface area contributed by atoms with Crippen LogP contribution in [0.4, 0.5) is 0 Å². The van der Waals surface area contributed by atoms with Crippen molar-refractivity contribution in [2.75, 3.05) is 25.2 Å². The van der Waals surface area contributed by atoms with E-state index in [9.17, 15) is 9.59 Å². The standard InChI is InChI=1S/C16H22N2O3S/c1-12(13-6-4-3-5-7-13)18-15(20)14(19)17-10-16(21-2)8-9-22-11-16/h3-7,12H,8-11H2,1-2H3,(H,17,19)(H,18,20)/t12-,16-/m1/s1. The largest absolute Gasteiger partial charge is 0.376 e. The molecule has 0 spiro atoms. The first kappa shape index (κ1) is 16.8. The van der Waals surface area contributed by atoms with Gasteiger partial charge < -0.3 is 15.4 Å². The number of hydrogen-bond donors (Lipinski definition) is 2. The van der Waals surface area contributed by atoms with Gasteiger partial charge in [0, 0.05) is 19.4 Å². The highest BCUT2D eigenvalue weighted by Crippen LogP contribution is 2.30. The molecule has 22 heavy (non-hydrogen) atoms. The smallest absolute Gasteiger partial charge is 0.309 e. The first-order valence-corrected chi connectivity index (χ1v) is 8.48. The normalized spacial score (nSPS) is 22.1.